The summed E-state index contributed by atoms with van der Waals surface area (Å²) < 4.78 is 2.04. The number of rotatable bonds is 3. The molecule has 0 aliphatic heterocycles. The second-order valence-corrected chi connectivity index (χ2v) is 5.42. The molecule has 1 heterocycles. The minimum Gasteiger partial charge on any atom is -0.258 e. The van der Waals surface area contributed by atoms with Gasteiger partial charge in [0.1, 0.15) is 0 Å². The van der Waals surface area contributed by atoms with Crippen LogP contribution in [0.1, 0.15) is 23.7 Å². The van der Waals surface area contributed by atoms with Crippen molar-refractivity contribution < 1.29 is 4.92 Å². The van der Waals surface area contributed by atoms with Gasteiger partial charge < -0.3 is 0 Å². The number of benzene rings is 1. The van der Waals surface area contributed by atoms with Gasteiger partial charge in [-0.2, -0.15) is 4.68 Å². The van der Waals surface area contributed by atoms with Crippen LogP contribution in [0.2, 0.25) is 0 Å². The van der Waals surface area contributed by atoms with E-state index in [1.165, 1.54) is 10.7 Å². The van der Waals surface area contributed by atoms with Crippen molar-refractivity contribution in [3.8, 4) is 5.69 Å². The van der Waals surface area contributed by atoms with Crippen LogP contribution in [0.4, 0.5) is 5.69 Å². The summed E-state index contributed by atoms with van der Waals surface area (Å²) >= 11 is 9.33. The minimum atomic E-state index is -0.445. The van der Waals surface area contributed by atoms with Crippen molar-refractivity contribution in [2.75, 3.05) is 0 Å². The molecular weight excluding hydrogens is 338 g/mol. The molecular formula is C10H9BrClN5O2. The fourth-order valence-electron chi connectivity index (χ4n) is 1.62. The van der Waals surface area contributed by atoms with Gasteiger partial charge in [-0.15, -0.1) is 16.7 Å². The molecule has 0 N–H and O–H groups in total. The number of tetrazole rings is 1. The molecule has 1 aromatic heterocycles. The lowest BCUT2D eigenvalue weighted by Gasteiger charge is -2.09. The van der Waals surface area contributed by atoms with Crippen molar-refractivity contribution in [2.45, 2.75) is 19.2 Å². The maximum absolute atomic E-state index is 11.0. The first-order chi connectivity index (χ1) is 8.91. The van der Waals surface area contributed by atoms with Gasteiger partial charge in [0.05, 0.1) is 16.0 Å². The predicted molar refractivity (Wildman–Crippen MR) is 72.5 cm³/mol. The average molecular weight is 347 g/mol. The van der Waals surface area contributed by atoms with Gasteiger partial charge in [-0.05, 0) is 46.3 Å². The van der Waals surface area contributed by atoms with Crippen LogP contribution in [0.5, 0.6) is 0 Å². The Morgan fingerprint density at radius 3 is 2.79 bits per heavy atom. The average Bonchev–Trinajstić information content (AvgIpc) is 2.77. The molecule has 0 saturated heterocycles. The molecule has 100 valence electrons. The van der Waals surface area contributed by atoms with Crippen molar-refractivity contribution in [3.63, 3.8) is 0 Å². The third-order valence-electron chi connectivity index (χ3n) is 2.54. The van der Waals surface area contributed by atoms with Crippen molar-refractivity contribution in [3.05, 3.63) is 38.1 Å². The van der Waals surface area contributed by atoms with E-state index in [1.54, 1.807) is 19.9 Å². The SMILES string of the molecule is Cc1cc(Br)c(-n2nnnc2C(C)Cl)cc1[N+](=O)[O-]. The topological polar surface area (TPSA) is 86.7 Å². The summed E-state index contributed by atoms with van der Waals surface area (Å²) in [5.74, 6) is 0.417. The minimum absolute atomic E-state index is 0.00174. The predicted octanol–water partition coefficient (Wildman–Crippen LogP) is 2.94. The van der Waals surface area contributed by atoms with E-state index in [1.807, 2.05) is 0 Å². The summed E-state index contributed by atoms with van der Waals surface area (Å²) in [6.45, 7) is 3.39. The number of nitro benzene ring substituents is 1. The zero-order chi connectivity index (χ0) is 14.2. The van der Waals surface area contributed by atoms with E-state index in [2.05, 4.69) is 31.5 Å². The molecule has 19 heavy (non-hydrogen) atoms. The summed E-state index contributed by atoms with van der Waals surface area (Å²) in [4.78, 5) is 10.5. The quantitative estimate of drug-likeness (QED) is 0.484. The first-order valence-corrected chi connectivity index (χ1v) is 6.52. The summed E-state index contributed by atoms with van der Waals surface area (Å²) in [7, 11) is 0. The fourth-order valence-corrected chi connectivity index (χ4v) is 2.38. The first-order valence-electron chi connectivity index (χ1n) is 5.29. The number of nitrogens with zero attached hydrogens (tertiary/aromatic N) is 5. The van der Waals surface area contributed by atoms with Gasteiger partial charge in [-0.3, -0.25) is 10.1 Å². The third-order valence-corrected chi connectivity index (χ3v) is 3.37. The van der Waals surface area contributed by atoms with Crippen LogP contribution in [-0.2, 0) is 0 Å². The van der Waals surface area contributed by atoms with Gasteiger partial charge in [0.15, 0.2) is 5.82 Å². The Balaban J connectivity index is 2.65. The molecule has 0 fully saturated rings. The molecule has 1 aromatic carbocycles. The van der Waals surface area contributed by atoms with Gasteiger partial charge >= 0.3 is 0 Å². The number of aryl methyl sites for hydroxylation is 1. The Morgan fingerprint density at radius 1 is 1.53 bits per heavy atom. The van der Waals surface area contributed by atoms with Gasteiger partial charge in [-0.1, -0.05) is 0 Å². The zero-order valence-corrected chi connectivity index (χ0v) is 12.4. The van der Waals surface area contributed by atoms with Gasteiger partial charge in [-0.25, -0.2) is 0 Å². The third kappa shape index (κ3) is 2.59. The molecule has 1 unspecified atom stereocenters. The van der Waals surface area contributed by atoms with Crippen LogP contribution in [0.15, 0.2) is 16.6 Å². The van der Waals surface area contributed by atoms with Gasteiger partial charge in [0.2, 0.25) is 0 Å². The second kappa shape index (κ2) is 5.22. The lowest BCUT2D eigenvalue weighted by atomic mass is 10.2. The first kappa shape index (κ1) is 13.9. The van der Waals surface area contributed by atoms with E-state index in [0.717, 1.165) is 0 Å². The van der Waals surface area contributed by atoms with Crippen molar-refractivity contribution >= 4 is 33.2 Å². The molecule has 0 amide bonds. The molecule has 0 aliphatic rings. The summed E-state index contributed by atoms with van der Waals surface area (Å²) in [6.07, 6.45) is 0. The lowest BCUT2D eigenvalue weighted by Crippen LogP contribution is -2.06. The Labute approximate surface area is 121 Å². The van der Waals surface area contributed by atoms with E-state index in [4.69, 9.17) is 11.6 Å². The normalized spacial score (nSPS) is 12.4. The summed E-state index contributed by atoms with van der Waals surface area (Å²) in [5, 5.41) is 21.7. The Morgan fingerprint density at radius 2 is 2.21 bits per heavy atom. The van der Waals surface area contributed by atoms with Crippen molar-refractivity contribution in [2.24, 2.45) is 0 Å². The maximum atomic E-state index is 11.0. The number of halogens is 2. The summed E-state index contributed by atoms with van der Waals surface area (Å²) in [6, 6.07) is 3.07. The molecule has 0 saturated carbocycles. The standard InChI is InChI=1S/C10H9BrClN5O2/c1-5-3-7(11)9(4-8(5)17(18)19)16-10(6(2)12)13-14-15-16/h3-4,6H,1-2H3. The molecule has 1 atom stereocenters. The van der Waals surface area contributed by atoms with E-state index in [0.29, 0.717) is 21.5 Å². The van der Waals surface area contributed by atoms with E-state index in [-0.39, 0.29) is 5.69 Å². The number of alkyl halides is 1. The Bertz CT molecular complexity index is 643. The molecule has 9 heteroatoms. The molecule has 0 spiro atoms. The Hall–Kier alpha value is -1.54. The highest BCUT2D eigenvalue weighted by molar-refractivity contribution is 9.10. The van der Waals surface area contributed by atoms with Crippen LogP contribution < -0.4 is 0 Å². The van der Waals surface area contributed by atoms with Crippen molar-refractivity contribution in [1.29, 1.82) is 0 Å². The van der Waals surface area contributed by atoms with Gasteiger partial charge in [0, 0.05) is 16.1 Å². The van der Waals surface area contributed by atoms with Gasteiger partial charge in [0.25, 0.3) is 5.69 Å². The number of nitro groups is 1. The number of hydrogen-bond acceptors (Lipinski definition) is 5. The fraction of sp³-hybridized carbons (Fsp3) is 0.300. The van der Waals surface area contributed by atoms with Crippen LogP contribution in [0.3, 0.4) is 0 Å². The number of aromatic nitrogens is 4. The van der Waals surface area contributed by atoms with Crippen LogP contribution >= 0.6 is 27.5 Å². The molecule has 0 aliphatic carbocycles. The zero-order valence-electron chi connectivity index (χ0n) is 10.0. The molecule has 0 radical (unpaired) electrons. The highest BCUT2D eigenvalue weighted by Gasteiger charge is 2.20. The van der Waals surface area contributed by atoms with E-state index >= 15 is 0 Å². The molecule has 2 aromatic rings. The Kier molecular flexibility index (Phi) is 3.81. The monoisotopic (exact) mass is 345 g/mol. The highest BCUT2D eigenvalue weighted by atomic mass is 79.9. The highest BCUT2D eigenvalue weighted by Crippen LogP contribution is 2.30. The molecule has 0 bridgehead atoms. The van der Waals surface area contributed by atoms with Crippen LogP contribution in [0, 0.1) is 17.0 Å². The van der Waals surface area contributed by atoms with Crippen molar-refractivity contribution in [1.82, 2.24) is 20.2 Å². The van der Waals surface area contributed by atoms with Crippen LogP contribution in [0.25, 0.3) is 5.69 Å². The smallest absolute Gasteiger partial charge is 0.258 e. The maximum Gasteiger partial charge on any atom is 0.274 e. The lowest BCUT2D eigenvalue weighted by molar-refractivity contribution is -0.385. The summed E-state index contributed by atoms with van der Waals surface area (Å²) in [5.41, 5.74) is 1.03. The van der Waals surface area contributed by atoms with E-state index < -0.39 is 10.3 Å². The van der Waals surface area contributed by atoms with E-state index in [9.17, 15) is 10.1 Å². The molecule has 2 rings (SSSR count). The largest absolute Gasteiger partial charge is 0.274 e. The molecule has 7 nitrogen and oxygen atoms in total. The van der Waals surface area contributed by atoms with Crippen LogP contribution in [-0.4, -0.2) is 25.1 Å². The second-order valence-electron chi connectivity index (χ2n) is 3.91. The number of hydrogen-bond donors (Lipinski definition) is 0.